The SMILES string of the molecule is CNCC1CCN(C(=O)c2csc(-c3ccc4c(c3)OCCO4)n2)CC1.Cl.Cl. The van der Waals surface area contributed by atoms with Gasteiger partial charge in [-0.05, 0) is 50.6 Å². The molecular weight excluding hydrogens is 421 g/mol. The second-order valence-electron chi connectivity index (χ2n) is 6.69. The zero-order valence-corrected chi connectivity index (χ0v) is 18.1. The van der Waals surface area contributed by atoms with Gasteiger partial charge < -0.3 is 19.7 Å². The molecule has 1 saturated heterocycles. The maximum Gasteiger partial charge on any atom is 0.273 e. The summed E-state index contributed by atoms with van der Waals surface area (Å²) >= 11 is 1.49. The summed E-state index contributed by atoms with van der Waals surface area (Å²) in [4.78, 5) is 19.3. The molecule has 0 bridgehead atoms. The van der Waals surface area contributed by atoms with E-state index in [4.69, 9.17) is 9.47 Å². The Bertz CT molecular complexity index is 794. The van der Waals surface area contributed by atoms with Crippen molar-refractivity contribution in [3.63, 3.8) is 0 Å². The Kier molecular flexibility index (Phi) is 8.37. The minimum absolute atomic E-state index is 0. The molecular formula is C19H25Cl2N3O3S. The molecule has 154 valence electrons. The highest BCUT2D eigenvalue weighted by atomic mass is 35.5. The van der Waals surface area contributed by atoms with Gasteiger partial charge in [-0.1, -0.05) is 0 Å². The molecule has 0 unspecified atom stereocenters. The highest BCUT2D eigenvalue weighted by molar-refractivity contribution is 7.13. The minimum atomic E-state index is 0. The molecule has 2 aliphatic rings. The zero-order chi connectivity index (χ0) is 17.9. The molecule has 4 rings (SSSR count). The zero-order valence-electron chi connectivity index (χ0n) is 15.7. The maximum absolute atomic E-state index is 12.8. The molecule has 1 N–H and O–H groups in total. The van der Waals surface area contributed by atoms with Crippen LogP contribution >= 0.6 is 36.2 Å². The van der Waals surface area contributed by atoms with Crippen molar-refractivity contribution in [2.24, 2.45) is 5.92 Å². The molecule has 1 amide bonds. The van der Waals surface area contributed by atoms with Crippen molar-refractivity contribution in [3.05, 3.63) is 29.3 Å². The van der Waals surface area contributed by atoms with Crippen molar-refractivity contribution >= 4 is 42.1 Å². The fourth-order valence-corrected chi connectivity index (χ4v) is 4.26. The van der Waals surface area contributed by atoms with Crippen LogP contribution in [0.3, 0.4) is 0 Å². The predicted molar refractivity (Wildman–Crippen MR) is 116 cm³/mol. The first-order chi connectivity index (χ1) is 12.7. The lowest BCUT2D eigenvalue weighted by atomic mass is 9.97. The number of nitrogens with one attached hydrogen (secondary N) is 1. The summed E-state index contributed by atoms with van der Waals surface area (Å²) in [5.74, 6) is 2.20. The highest BCUT2D eigenvalue weighted by Gasteiger charge is 2.25. The van der Waals surface area contributed by atoms with E-state index in [1.165, 1.54) is 11.3 Å². The number of amides is 1. The number of benzene rings is 1. The molecule has 0 atom stereocenters. The highest BCUT2D eigenvalue weighted by Crippen LogP contribution is 2.35. The van der Waals surface area contributed by atoms with Crippen molar-refractivity contribution in [2.45, 2.75) is 12.8 Å². The molecule has 3 heterocycles. The van der Waals surface area contributed by atoms with Crippen LogP contribution in [0.5, 0.6) is 11.5 Å². The summed E-state index contributed by atoms with van der Waals surface area (Å²) in [7, 11) is 1.98. The molecule has 0 spiro atoms. The van der Waals surface area contributed by atoms with Crippen molar-refractivity contribution in [1.82, 2.24) is 15.2 Å². The number of hydrogen-bond acceptors (Lipinski definition) is 6. The molecule has 1 aromatic carbocycles. The van der Waals surface area contributed by atoms with Gasteiger partial charge in [0.1, 0.15) is 23.9 Å². The van der Waals surface area contributed by atoms with E-state index in [1.54, 1.807) is 0 Å². The second-order valence-corrected chi connectivity index (χ2v) is 7.55. The van der Waals surface area contributed by atoms with Gasteiger partial charge in [0, 0.05) is 24.0 Å². The van der Waals surface area contributed by atoms with E-state index in [9.17, 15) is 4.79 Å². The van der Waals surface area contributed by atoms with Crippen LogP contribution in [0.15, 0.2) is 23.6 Å². The normalized spacial score (nSPS) is 16.1. The molecule has 28 heavy (non-hydrogen) atoms. The first kappa shape index (κ1) is 22.7. The number of piperidine rings is 1. The Morgan fingerprint density at radius 2 is 1.93 bits per heavy atom. The summed E-state index contributed by atoms with van der Waals surface area (Å²) in [6.45, 7) is 3.77. The number of carbonyl (C=O) groups is 1. The molecule has 0 aliphatic carbocycles. The fraction of sp³-hybridized carbons (Fsp3) is 0.474. The Balaban J connectivity index is 0.00000140. The number of likely N-dealkylation sites (tertiary alicyclic amines) is 1. The number of halogens is 2. The Morgan fingerprint density at radius 3 is 2.64 bits per heavy atom. The summed E-state index contributed by atoms with van der Waals surface area (Å²) in [5.41, 5.74) is 1.48. The summed E-state index contributed by atoms with van der Waals surface area (Å²) < 4.78 is 11.2. The molecule has 6 nitrogen and oxygen atoms in total. The molecule has 9 heteroatoms. The van der Waals surface area contributed by atoms with Crippen LogP contribution in [0.4, 0.5) is 0 Å². The van der Waals surface area contributed by atoms with Crippen LogP contribution in [0, 0.1) is 5.92 Å². The van der Waals surface area contributed by atoms with Crippen molar-refractivity contribution in [1.29, 1.82) is 0 Å². The Hall–Kier alpha value is -1.54. The number of fused-ring (bicyclic) bond motifs is 1. The molecule has 1 aromatic heterocycles. The number of rotatable bonds is 4. The van der Waals surface area contributed by atoms with E-state index in [1.807, 2.05) is 35.5 Å². The Labute approximate surface area is 181 Å². The van der Waals surface area contributed by atoms with E-state index < -0.39 is 0 Å². The first-order valence-corrected chi connectivity index (χ1v) is 9.92. The van der Waals surface area contributed by atoms with Crippen LogP contribution < -0.4 is 14.8 Å². The third kappa shape index (κ3) is 4.89. The third-order valence-corrected chi connectivity index (χ3v) is 5.80. The lowest BCUT2D eigenvalue weighted by Crippen LogP contribution is -2.40. The van der Waals surface area contributed by atoms with Crippen molar-refractivity contribution < 1.29 is 14.3 Å². The average molecular weight is 446 g/mol. The molecule has 2 aromatic rings. The number of ether oxygens (including phenoxy) is 2. The van der Waals surface area contributed by atoms with Crippen LogP contribution in [-0.2, 0) is 0 Å². The van der Waals surface area contributed by atoms with E-state index in [0.717, 1.165) is 54.5 Å². The van der Waals surface area contributed by atoms with Gasteiger partial charge in [0.25, 0.3) is 5.91 Å². The number of hydrogen-bond donors (Lipinski definition) is 1. The molecule has 0 radical (unpaired) electrons. The van der Waals surface area contributed by atoms with Gasteiger partial charge in [-0.15, -0.1) is 36.2 Å². The number of aromatic nitrogens is 1. The first-order valence-electron chi connectivity index (χ1n) is 9.04. The Morgan fingerprint density at radius 1 is 1.21 bits per heavy atom. The smallest absolute Gasteiger partial charge is 0.273 e. The summed E-state index contributed by atoms with van der Waals surface area (Å²) in [6, 6.07) is 5.80. The third-order valence-electron chi connectivity index (χ3n) is 4.91. The van der Waals surface area contributed by atoms with Gasteiger partial charge in [0.15, 0.2) is 11.5 Å². The van der Waals surface area contributed by atoms with Crippen LogP contribution in [-0.4, -0.2) is 55.7 Å². The largest absolute Gasteiger partial charge is 0.486 e. The lowest BCUT2D eigenvalue weighted by molar-refractivity contribution is 0.0686. The maximum atomic E-state index is 12.8. The number of thiazole rings is 1. The van der Waals surface area contributed by atoms with E-state index in [0.29, 0.717) is 24.8 Å². The average Bonchev–Trinajstić information content (AvgIpc) is 3.18. The van der Waals surface area contributed by atoms with Crippen molar-refractivity contribution in [3.8, 4) is 22.1 Å². The van der Waals surface area contributed by atoms with Gasteiger partial charge in [0.2, 0.25) is 0 Å². The van der Waals surface area contributed by atoms with Gasteiger partial charge >= 0.3 is 0 Å². The standard InChI is InChI=1S/C19H23N3O3S.2ClH/c1-20-11-13-4-6-22(7-5-13)19(23)15-12-26-18(21-15)14-2-3-16-17(10-14)25-9-8-24-16;;/h2-3,10,12-13,20H,4-9,11H2,1H3;2*1H. The number of nitrogens with zero attached hydrogens (tertiary/aromatic N) is 2. The quantitative estimate of drug-likeness (QED) is 0.779. The lowest BCUT2D eigenvalue weighted by Gasteiger charge is -2.31. The van der Waals surface area contributed by atoms with E-state index in [2.05, 4.69) is 10.3 Å². The summed E-state index contributed by atoms with van der Waals surface area (Å²) in [6.07, 6.45) is 2.09. The fourth-order valence-electron chi connectivity index (χ4n) is 3.47. The van der Waals surface area contributed by atoms with E-state index >= 15 is 0 Å². The second kappa shape index (κ2) is 10.3. The van der Waals surface area contributed by atoms with Gasteiger partial charge in [-0.2, -0.15) is 0 Å². The van der Waals surface area contributed by atoms with Crippen molar-refractivity contribution in [2.75, 3.05) is 39.9 Å². The summed E-state index contributed by atoms with van der Waals surface area (Å²) in [5, 5.41) is 5.91. The van der Waals surface area contributed by atoms with Crippen LogP contribution in [0.25, 0.3) is 10.6 Å². The molecule has 2 aliphatic heterocycles. The minimum Gasteiger partial charge on any atom is -0.486 e. The predicted octanol–water partition coefficient (Wildman–Crippen LogP) is 3.50. The van der Waals surface area contributed by atoms with Gasteiger partial charge in [-0.25, -0.2) is 4.98 Å². The molecule has 0 saturated carbocycles. The van der Waals surface area contributed by atoms with Crippen LogP contribution in [0.1, 0.15) is 23.3 Å². The van der Waals surface area contributed by atoms with Gasteiger partial charge in [0.05, 0.1) is 0 Å². The number of carbonyl (C=O) groups excluding carboxylic acids is 1. The monoisotopic (exact) mass is 445 g/mol. The van der Waals surface area contributed by atoms with Crippen LogP contribution in [0.2, 0.25) is 0 Å². The van der Waals surface area contributed by atoms with E-state index in [-0.39, 0.29) is 30.7 Å². The van der Waals surface area contributed by atoms with Gasteiger partial charge in [-0.3, -0.25) is 4.79 Å². The molecule has 1 fully saturated rings. The topological polar surface area (TPSA) is 63.7 Å².